The van der Waals surface area contributed by atoms with Gasteiger partial charge in [-0.15, -0.1) is 0 Å². The molecule has 1 rings (SSSR count). The van der Waals surface area contributed by atoms with E-state index in [1.807, 2.05) is 6.92 Å². The molecule has 7 nitrogen and oxygen atoms in total. The largest absolute Gasteiger partial charge is 0.412 e. The van der Waals surface area contributed by atoms with Gasteiger partial charge in [-0.25, -0.2) is 4.79 Å². The highest BCUT2D eigenvalue weighted by Gasteiger charge is 2.26. The molecule has 0 aromatic heterocycles. The van der Waals surface area contributed by atoms with E-state index in [1.54, 1.807) is 31.2 Å². The molecule has 1 aromatic rings. The van der Waals surface area contributed by atoms with Gasteiger partial charge in [0.15, 0.2) is 5.79 Å². The van der Waals surface area contributed by atoms with Gasteiger partial charge in [-0.3, -0.25) is 4.79 Å². The topological polar surface area (TPSA) is 85.9 Å². The van der Waals surface area contributed by atoms with Gasteiger partial charge in [0, 0.05) is 32.5 Å². The summed E-state index contributed by atoms with van der Waals surface area (Å²) in [5.74, 6) is -0.911. The summed E-state index contributed by atoms with van der Waals surface area (Å²) in [6, 6.07) is 6.62. The highest BCUT2D eigenvalue weighted by molar-refractivity contribution is 5.91. The molecule has 134 valence electrons. The quantitative estimate of drug-likeness (QED) is 0.534. The lowest BCUT2D eigenvalue weighted by Gasteiger charge is -2.25. The fourth-order valence-corrected chi connectivity index (χ4v) is 1.87. The van der Waals surface area contributed by atoms with E-state index in [-0.39, 0.29) is 12.3 Å². The zero-order valence-corrected chi connectivity index (χ0v) is 14.7. The minimum absolute atomic E-state index is 0.0303. The van der Waals surface area contributed by atoms with Gasteiger partial charge in [0.05, 0.1) is 6.42 Å². The second-order valence-corrected chi connectivity index (χ2v) is 5.46. The van der Waals surface area contributed by atoms with Crippen LogP contribution in [0.15, 0.2) is 24.3 Å². The summed E-state index contributed by atoms with van der Waals surface area (Å²) in [6.07, 6.45) is 1.40. The van der Waals surface area contributed by atoms with Crippen LogP contribution in [0, 0.1) is 0 Å². The summed E-state index contributed by atoms with van der Waals surface area (Å²) in [5.41, 5.74) is 0.522. The van der Waals surface area contributed by atoms with E-state index in [0.717, 1.165) is 12.8 Å². The van der Waals surface area contributed by atoms with Crippen molar-refractivity contribution in [3.8, 4) is 5.75 Å². The van der Waals surface area contributed by atoms with Gasteiger partial charge in [0.25, 0.3) is 0 Å². The molecule has 2 amide bonds. The van der Waals surface area contributed by atoms with E-state index in [2.05, 4.69) is 10.6 Å². The van der Waals surface area contributed by atoms with Crippen molar-refractivity contribution in [2.75, 3.05) is 26.1 Å². The Balaban J connectivity index is 2.59. The molecule has 0 aliphatic rings. The van der Waals surface area contributed by atoms with Gasteiger partial charge in [-0.2, -0.15) is 0 Å². The van der Waals surface area contributed by atoms with Gasteiger partial charge in [0.1, 0.15) is 5.75 Å². The predicted octanol–water partition coefficient (Wildman–Crippen LogP) is 2.91. The molecule has 7 heteroatoms. The maximum atomic E-state index is 12.1. The number of rotatable bonds is 9. The third-order valence-electron chi connectivity index (χ3n) is 3.47. The first-order valence-corrected chi connectivity index (χ1v) is 7.88. The molecule has 0 atom stereocenters. The number of benzene rings is 1. The first kappa shape index (κ1) is 19.9. The highest BCUT2D eigenvalue weighted by Crippen LogP contribution is 2.20. The van der Waals surface area contributed by atoms with Gasteiger partial charge in [-0.05, 0) is 25.5 Å². The van der Waals surface area contributed by atoms with Crippen molar-refractivity contribution >= 4 is 17.7 Å². The Morgan fingerprint density at radius 3 is 2.54 bits per heavy atom. The molecule has 0 radical (unpaired) electrons. The molecule has 0 aliphatic heterocycles. The molecule has 0 heterocycles. The number of hydrogen-bond donors (Lipinski definition) is 2. The number of nitrogens with one attached hydrogen (secondary N) is 2. The van der Waals surface area contributed by atoms with E-state index in [4.69, 9.17) is 14.2 Å². The van der Waals surface area contributed by atoms with E-state index in [0.29, 0.717) is 18.0 Å². The van der Waals surface area contributed by atoms with Crippen LogP contribution in [-0.4, -0.2) is 38.6 Å². The summed E-state index contributed by atoms with van der Waals surface area (Å²) in [7, 11) is 2.95. The molecule has 0 bridgehead atoms. The van der Waals surface area contributed by atoms with Gasteiger partial charge >= 0.3 is 6.09 Å². The number of hydrogen-bond acceptors (Lipinski definition) is 5. The van der Waals surface area contributed by atoms with Crippen LogP contribution in [0.25, 0.3) is 0 Å². The van der Waals surface area contributed by atoms with Crippen molar-refractivity contribution < 1.29 is 23.8 Å². The summed E-state index contributed by atoms with van der Waals surface area (Å²) in [4.78, 5) is 23.7. The van der Waals surface area contributed by atoms with Crippen LogP contribution >= 0.6 is 0 Å². The predicted molar refractivity (Wildman–Crippen MR) is 91.0 cm³/mol. The van der Waals surface area contributed by atoms with E-state index in [9.17, 15) is 9.59 Å². The van der Waals surface area contributed by atoms with Crippen LogP contribution in [0.1, 0.15) is 33.1 Å². The Labute approximate surface area is 142 Å². The Kier molecular flexibility index (Phi) is 8.21. The number of ether oxygens (including phenoxy) is 3. The minimum atomic E-state index is -0.989. The first-order chi connectivity index (χ1) is 11.4. The van der Waals surface area contributed by atoms with Crippen molar-refractivity contribution in [1.29, 1.82) is 0 Å². The maximum Gasteiger partial charge on any atom is 0.412 e. The zero-order chi connectivity index (χ0) is 18.0. The summed E-state index contributed by atoms with van der Waals surface area (Å²) < 4.78 is 15.5. The van der Waals surface area contributed by atoms with Crippen LogP contribution in [0.4, 0.5) is 10.5 Å². The molecule has 24 heavy (non-hydrogen) atoms. The van der Waals surface area contributed by atoms with Crippen molar-refractivity contribution in [1.82, 2.24) is 5.32 Å². The normalized spacial score (nSPS) is 11.0. The monoisotopic (exact) mass is 338 g/mol. The Morgan fingerprint density at radius 2 is 1.92 bits per heavy atom. The summed E-state index contributed by atoms with van der Waals surface area (Å²) in [6.45, 7) is 4.28. The molecule has 0 aliphatic carbocycles. The van der Waals surface area contributed by atoms with Crippen molar-refractivity contribution in [2.24, 2.45) is 0 Å². The standard InChI is InChI=1S/C17H26N2O5/c1-5-6-10-18-16(21)24-14-9-7-8-13(11-14)19-15(20)12-17(2,22-3)23-4/h7-9,11H,5-6,10,12H2,1-4H3,(H,18,21)(H,19,20). The number of carbonyl (C=O) groups excluding carboxylic acids is 2. The molecular formula is C17H26N2O5. The number of amides is 2. The molecule has 0 spiro atoms. The SMILES string of the molecule is CCCCNC(=O)Oc1cccc(NC(=O)CC(C)(OC)OC)c1. The minimum Gasteiger partial charge on any atom is -0.410 e. The van der Waals surface area contributed by atoms with Crippen molar-refractivity contribution in [3.63, 3.8) is 0 Å². The fourth-order valence-electron chi connectivity index (χ4n) is 1.87. The molecule has 0 saturated heterocycles. The first-order valence-electron chi connectivity index (χ1n) is 7.88. The molecule has 0 saturated carbocycles. The average Bonchev–Trinajstić information content (AvgIpc) is 2.55. The molecule has 1 aromatic carbocycles. The van der Waals surface area contributed by atoms with Crippen molar-refractivity contribution in [2.45, 2.75) is 38.9 Å². The van der Waals surface area contributed by atoms with Crippen molar-refractivity contribution in [3.05, 3.63) is 24.3 Å². The van der Waals surface area contributed by atoms with Crippen LogP contribution in [-0.2, 0) is 14.3 Å². The number of unbranched alkanes of at least 4 members (excludes halogenated alkanes) is 1. The van der Waals surface area contributed by atoms with E-state index >= 15 is 0 Å². The second-order valence-electron chi connectivity index (χ2n) is 5.46. The number of anilines is 1. The third kappa shape index (κ3) is 6.97. The summed E-state index contributed by atoms with van der Waals surface area (Å²) >= 11 is 0. The van der Waals surface area contributed by atoms with Gasteiger partial charge in [-0.1, -0.05) is 19.4 Å². The Hall–Kier alpha value is -2.12. The van der Waals surface area contributed by atoms with Crippen LogP contribution < -0.4 is 15.4 Å². The molecule has 2 N–H and O–H groups in total. The molecular weight excluding hydrogens is 312 g/mol. The lowest BCUT2D eigenvalue weighted by atomic mass is 10.2. The second kappa shape index (κ2) is 9.89. The highest BCUT2D eigenvalue weighted by atomic mass is 16.7. The third-order valence-corrected chi connectivity index (χ3v) is 3.47. The van der Waals surface area contributed by atoms with E-state index in [1.165, 1.54) is 14.2 Å². The molecule has 0 fully saturated rings. The van der Waals surface area contributed by atoms with Crippen LogP contribution in [0.5, 0.6) is 5.75 Å². The lowest BCUT2D eigenvalue weighted by molar-refractivity contribution is -0.196. The number of carbonyl (C=O) groups is 2. The maximum absolute atomic E-state index is 12.1. The van der Waals surface area contributed by atoms with E-state index < -0.39 is 11.9 Å². The molecule has 0 unspecified atom stereocenters. The van der Waals surface area contributed by atoms with Crippen LogP contribution in [0.3, 0.4) is 0 Å². The lowest BCUT2D eigenvalue weighted by Crippen LogP contribution is -2.34. The van der Waals surface area contributed by atoms with Gasteiger partial charge in [0.2, 0.25) is 5.91 Å². The average molecular weight is 338 g/mol. The zero-order valence-electron chi connectivity index (χ0n) is 14.7. The smallest absolute Gasteiger partial charge is 0.410 e. The van der Waals surface area contributed by atoms with Crippen LogP contribution in [0.2, 0.25) is 0 Å². The Morgan fingerprint density at radius 1 is 1.21 bits per heavy atom. The van der Waals surface area contributed by atoms with Gasteiger partial charge < -0.3 is 24.8 Å². The number of methoxy groups -OCH3 is 2. The Bertz CT molecular complexity index is 544. The summed E-state index contributed by atoms with van der Waals surface area (Å²) in [5, 5.41) is 5.38. The fraction of sp³-hybridized carbons (Fsp3) is 0.529.